The molecule has 0 bridgehead atoms. The molecule has 2 aromatic rings. The minimum absolute atomic E-state index is 0.0220. The Labute approximate surface area is 202 Å². The van der Waals surface area contributed by atoms with E-state index in [0.717, 1.165) is 17.7 Å². The van der Waals surface area contributed by atoms with Crippen molar-refractivity contribution in [1.29, 1.82) is 0 Å². The molecular formula is C20H16Cl2N4O8. The number of hydrogen-bond donors (Lipinski definition) is 0. The molecule has 0 saturated carbocycles. The van der Waals surface area contributed by atoms with Crippen molar-refractivity contribution in [3.05, 3.63) is 55.6 Å². The van der Waals surface area contributed by atoms with Gasteiger partial charge in [-0.2, -0.15) is 5.11 Å². The van der Waals surface area contributed by atoms with Gasteiger partial charge in [-0.25, -0.2) is 9.59 Å². The molecule has 2 aromatic carbocycles. The van der Waals surface area contributed by atoms with Crippen LogP contribution in [-0.4, -0.2) is 42.9 Å². The van der Waals surface area contributed by atoms with E-state index in [4.69, 9.17) is 42.1 Å². The summed E-state index contributed by atoms with van der Waals surface area (Å²) >= 11 is 12.2. The zero-order valence-corrected chi connectivity index (χ0v) is 19.2. The van der Waals surface area contributed by atoms with Gasteiger partial charge in [-0.15, -0.1) is 5.11 Å². The molecule has 2 fully saturated rings. The van der Waals surface area contributed by atoms with Crippen LogP contribution in [0.2, 0.25) is 10.0 Å². The van der Waals surface area contributed by atoms with Gasteiger partial charge in [0.05, 0.1) is 20.7 Å². The molecule has 2 aliphatic rings. The lowest BCUT2D eigenvalue weighted by Gasteiger charge is -2.32. The number of anilines is 1. The fourth-order valence-corrected chi connectivity index (χ4v) is 3.99. The summed E-state index contributed by atoms with van der Waals surface area (Å²) in [5.74, 6) is 0. The number of ether oxygens (including phenoxy) is 4. The molecule has 0 radical (unpaired) electrons. The molecule has 4 rings (SSSR count). The molecule has 0 spiro atoms. The van der Waals surface area contributed by atoms with Gasteiger partial charge >= 0.3 is 12.3 Å². The highest BCUT2D eigenvalue weighted by molar-refractivity contribution is 6.39. The standard InChI is InChI=1S/C20H16Cl2N4O8/c1-9-10(2)15(25(16-7-31-19(27)33-16)17-8-32-20(28)34-17)4-3-14(9)23-24-18-12(21)5-11(26(29)30)6-13(18)22/h3-6,16-17H,7-8H2,1-2H3. The first-order chi connectivity index (χ1) is 16.2. The van der Waals surface area contributed by atoms with Crippen molar-refractivity contribution in [2.45, 2.75) is 26.3 Å². The summed E-state index contributed by atoms with van der Waals surface area (Å²) in [5.41, 5.74) is 2.31. The topological polar surface area (TPSA) is 142 Å². The van der Waals surface area contributed by atoms with E-state index >= 15 is 0 Å². The van der Waals surface area contributed by atoms with Crippen molar-refractivity contribution in [2.75, 3.05) is 18.1 Å². The number of nitro benzene ring substituents is 1. The van der Waals surface area contributed by atoms with E-state index in [1.54, 1.807) is 30.9 Å². The maximum atomic E-state index is 11.5. The van der Waals surface area contributed by atoms with Crippen LogP contribution in [0.3, 0.4) is 0 Å². The molecule has 0 aromatic heterocycles. The maximum Gasteiger partial charge on any atom is 0.510 e. The smallest absolute Gasteiger partial charge is 0.428 e. The van der Waals surface area contributed by atoms with Crippen molar-refractivity contribution in [2.24, 2.45) is 10.2 Å². The first-order valence-corrected chi connectivity index (χ1v) is 10.5. The van der Waals surface area contributed by atoms with Gasteiger partial charge in [0, 0.05) is 17.8 Å². The molecular weight excluding hydrogens is 495 g/mol. The first-order valence-electron chi connectivity index (χ1n) is 9.76. The number of halogens is 2. The average Bonchev–Trinajstić information content (AvgIpc) is 3.40. The molecule has 2 heterocycles. The van der Waals surface area contributed by atoms with Crippen LogP contribution in [0.4, 0.5) is 32.3 Å². The molecule has 2 saturated heterocycles. The summed E-state index contributed by atoms with van der Waals surface area (Å²) in [6.45, 7) is 3.46. The number of carbonyl (C=O) groups is 2. The Hall–Kier alpha value is -3.64. The number of rotatable bonds is 6. The minimum Gasteiger partial charge on any atom is -0.428 e. The second-order valence-corrected chi connectivity index (χ2v) is 8.06. The van der Waals surface area contributed by atoms with Crippen LogP contribution < -0.4 is 4.90 Å². The number of cyclic esters (lactones) is 4. The largest absolute Gasteiger partial charge is 0.510 e. The van der Waals surface area contributed by atoms with Crippen molar-refractivity contribution in [3.8, 4) is 0 Å². The van der Waals surface area contributed by atoms with Crippen molar-refractivity contribution < 1.29 is 33.5 Å². The second kappa shape index (κ2) is 9.31. The molecule has 0 amide bonds. The Morgan fingerprint density at radius 1 is 0.971 bits per heavy atom. The third kappa shape index (κ3) is 4.54. The minimum atomic E-state index is -0.838. The highest BCUT2D eigenvalue weighted by Crippen LogP contribution is 2.39. The van der Waals surface area contributed by atoms with Gasteiger partial charge in [0.25, 0.3) is 5.69 Å². The molecule has 14 heteroatoms. The molecule has 178 valence electrons. The van der Waals surface area contributed by atoms with Gasteiger partial charge in [0.1, 0.15) is 5.69 Å². The Bertz CT molecular complexity index is 1170. The number of nitrogens with zero attached hydrogens (tertiary/aromatic N) is 4. The highest BCUT2D eigenvalue weighted by Gasteiger charge is 2.41. The van der Waals surface area contributed by atoms with Crippen LogP contribution >= 0.6 is 23.2 Å². The van der Waals surface area contributed by atoms with Crippen LogP contribution in [0.1, 0.15) is 11.1 Å². The lowest BCUT2D eigenvalue weighted by molar-refractivity contribution is -0.384. The average molecular weight is 511 g/mol. The van der Waals surface area contributed by atoms with Crippen LogP contribution in [0.25, 0.3) is 0 Å². The van der Waals surface area contributed by atoms with E-state index in [1.165, 1.54) is 0 Å². The number of carbonyl (C=O) groups excluding carboxylic acids is 2. The third-order valence-electron chi connectivity index (χ3n) is 5.25. The summed E-state index contributed by atoms with van der Waals surface area (Å²) in [6.07, 6.45) is -3.35. The van der Waals surface area contributed by atoms with Gasteiger partial charge in [-0.05, 0) is 37.1 Å². The van der Waals surface area contributed by atoms with Crippen LogP contribution in [0.5, 0.6) is 0 Å². The van der Waals surface area contributed by atoms with E-state index in [9.17, 15) is 19.7 Å². The molecule has 2 aliphatic heterocycles. The molecule has 0 N–H and O–H groups in total. The highest BCUT2D eigenvalue weighted by atomic mass is 35.5. The molecule has 2 atom stereocenters. The van der Waals surface area contributed by atoms with E-state index in [-0.39, 0.29) is 34.6 Å². The Morgan fingerprint density at radius 2 is 1.53 bits per heavy atom. The first kappa shape index (κ1) is 23.5. The van der Waals surface area contributed by atoms with Crippen LogP contribution in [0.15, 0.2) is 34.5 Å². The van der Waals surface area contributed by atoms with Gasteiger partial charge in [-0.3, -0.25) is 15.0 Å². The van der Waals surface area contributed by atoms with E-state index < -0.39 is 29.7 Å². The van der Waals surface area contributed by atoms with E-state index in [1.807, 2.05) is 0 Å². The van der Waals surface area contributed by atoms with Gasteiger partial charge in [0.15, 0.2) is 13.2 Å². The zero-order chi connectivity index (χ0) is 24.6. The van der Waals surface area contributed by atoms with Crippen LogP contribution in [-0.2, 0) is 18.9 Å². The molecule has 12 nitrogen and oxygen atoms in total. The molecule has 2 unspecified atom stereocenters. The van der Waals surface area contributed by atoms with E-state index in [0.29, 0.717) is 16.9 Å². The predicted octanol–water partition coefficient (Wildman–Crippen LogP) is 5.73. The van der Waals surface area contributed by atoms with Gasteiger partial charge < -0.3 is 18.9 Å². The Balaban J connectivity index is 1.67. The third-order valence-corrected chi connectivity index (χ3v) is 5.83. The summed E-state index contributed by atoms with van der Waals surface area (Å²) in [5, 5.41) is 19.2. The fourth-order valence-electron chi connectivity index (χ4n) is 3.44. The lowest BCUT2D eigenvalue weighted by atomic mass is 10.0. The van der Waals surface area contributed by atoms with Crippen molar-refractivity contribution >= 4 is 58.3 Å². The van der Waals surface area contributed by atoms with Gasteiger partial charge in [0.2, 0.25) is 12.5 Å². The van der Waals surface area contributed by atoms with E-state index in [2.05, 4.69) is 10.2 Å². The molecule has 0 aliphatic carbocycles. The van der Waals surface area contributed by atoms with Crippen LogP contribution in [0, 0.1) is 24.0 Å². The maximum absolute atomic E-state index is 11.5. The number of nitro groups is 1. The lowest BCUT2D eigenvalue weighted by Crippen LogP contribution is -2.46. The number of non-ortho nitro benzene ring substituents is 1. The van der Waals surface area contributed by atoms with Gasteiger partial charge in [-0.1, -0.05) is 23.2 Å². The Morgan fingerprint density at radius 3 is 2.00 bits per heavy atom. The normalized spacial score (nSPS) is 19.5. The summed E-state index contributed by atoms with van der Waals surface area (Å²) in [6, 6.07) is 5.61. The van der Waals surface area contributed by atoms with Crippen molar-refractivity contribution in [1.82, 2.24) is 0 Å². The fraction of sp³-hybridized carbons (Fsp3) is 0.300. The number of hydrogen-bond acceptors (Lipinski definition) is 11. The second-order valence-electron chi connectivity index (χ2n) is 7.24. The Kier molecular flexibility index (Phi) is 6.44. The predicted molar refractivity (Wildman–Crippen MR) is 118 cm³/mol. The number of azo groups is 1. The zero-order valence-electron chi connectivity index (χ0n) is 17.7. The number of benzene rings is 2. The monoisotopic (exact) mass is 510 g/mol. The summed E-state index contributed by atoms with van der Waals surface area (Å²) < 4.78 is 20.2. The quantitative estimate of drug-likeness (QED) is 0.206. The summed E-state index contributed by atoms with van der Waals surface area (Å²) in [4.78, 5) is 34.9. The SMILES string of the molecule is Cc1c(N=Nc2c(Cl)cc([N+](=O)[O-])cc2Cl)ccc(N(C2COC(=O)O2)C2COC(=O)O2)c1C. The molecule has 34 heavy (non-hydrogen) atoms. The van der Waals surface area contributed by atoms with Crippen molar-refractivity contribution in [3.63, 3.8) is 0 Å². The summed E-state index contributed by atoms with van der Waals surface area (Å²) in [7, 11) is 0.